The minimum Gasteiger partial charge on any atom is -0.508 e. The average Bonchev–Trinajstić information content (AvgIpc) is 2.29. The Hall–Kier alpha value is -1.13. The van der Waals surface area contributed by atoms with E-state index in [4.69, 9.17) is 0 Å². The monoisotopic (exact) mass is 235 g/mol. The first kappa shape index (κ1) is 10.4. The van der Waals surface area contributed by atoms with Crippen molar-refractivity contribution in [3.05, 3.63) is 42.6 Å². The van der Waals surface area contributed by atoms with Crippen LogP contribution in [0.5, 0.6) is 5.75 Å². The van der Waals surface area contributed by atoms with Crippen molar-refractivity contribution in [3.8, 4) is 16.9 Å². The number of phenolic OH excluding ortho intramolecular Hbond substituents is 1. The quantitative estimate of drug-likeness (QED) is 0.618. The van der Waals surface area contributed by atoms with Gasteiger partial charge in [-0.3, -0.25) is 0 Å². The summed E-state index contributed by atoms with van der Waals surface area (Å²) in [7, 11) is 1.30. The Morgan fingerprint density at radius 2 is 1.93 bits per heavy atom. The van der Waals surface area contributed by atoms with Crippen molar-refractivity contribution >= 4 is 22.5 Å². The standard InChI is InChI=1S/C11H9NOS2/c13-10-3-1-2-8(6-10)9-4-5-12-11(7-9)15-14/h1-7,13-14H. The molecule has 0 saturated carbocycles. The van der Waals surface area contributed by atoms with Crippen LogP contribution in [-0.4, -0.2) is 10.1 Å². The summed E-state index contributed by atoms with van der Waals surface area (Å²) in [5, 5.41) is 10.2. The molecule has 0 bridgehead atoms. The molecule has 76 valence electrons. The van der Waals surface area contributed by atoms with Crippen LogP contribution in [0, 0.1) is 0 Å². The van der Waals surface area contributed by atoms with Crippen LogP contribution < -0.4 is 0 Å². The summed E-state index contributed by atoms with van der Waals surface area (Å²) in [6.07, 6.45) is 1.73. The van der Waals surface area contributed by atoms with E-state index in [0.29, 0.717) is 0 Å². The van der Waals surface area contributed by atoms with E-state index >= 15 is 0 Å². The molecule has 0 radical (unpaired) electrons. The fourth-order valence-electron chi connectivity index (χ4n) is 1.32. The van der Waals surface area contributed by atoms with Crippen molar-refractivity contribution in [1.29, 1.82) is 0 Å². The maximum Gasteiger partial charge on any atom is 0.116 e. The molecule has 0 unspecified atom stereocenters. The lowest BCUT2D eigenvalue weighted by atomic mass is 10.1. The molecule has 15 heavy (non-hydrogen) atoms. The summed E-state index contributed by atoms with van der Waals surface area (Å²) in [6.45, 7) is 0. The average molecular weight is 235 g/mol. The zero-order chi connectivity index (χ0) is 10.7. The van der Waals surface area contributed by atoms with E-state index < -0.39 is 0 Å². The summed E-state index contributed by atoms with van der Waals surface area (Å²) in [5.41, 5.74) is 2.00. The van der Waals surface area contributed by atoms with Crippen LogP contribution in [0.15, 0.2) is 47.6 Å². The SMILES string of the molecule is Oc1cccc(-c2ccnc(SS)c2)c1. The van der Waals surface area contributed by atoms with Gasteiger partial charge < -0.3 is 5.11 Å². The van der Waals surface area contributed by atoms with Crippen LogP contribution in [0.4, 0.5) is 0 Å². The van der Waals surface area contributed by atoms with Gasteiger partial charge in [-0.25, -0.2) is 4.98 Å². The number of phenols is 1. The van der Waals surface area contributed by atoms with Gasteiger partial charge in [-0.1, -0.05) is 12.1 Å². The number of rotatable bonds is 2. The predicted molar refractivity (Wildman–Crippen MR) is 66.2 cm³/mol. The van der Waals surface area contributed by atoms with Gasteiger partial charge in [-0.15, -0.1) is 11.7 Å². The van der Waals surface area contributed by atoms with Crippen molar-refractivity contribution in [2.75, 3.05) is 0 Å². The number of aromatic hydroxyl groups is 1. The molecule has 0 aliphatic heterocycles. The van der Waals surface area contributed by atoms with E-state index in [9.17, 15) is 5.11 Å². The van der Waals surface area contributed by atoms with E-state index in [0.717, 1.165) is 16.2 Å². The third kappa shape index (κ3) is 2.46. The molecule has 0 saturated heterocycles. The Morgan fingerprint density at radius 1 is 1.13 bits per heavy atom. The molecule has 1 N–H and O–H groups in total. The van der Waals surface area contributed by atoms with E-state index in [2.05, 4.69) is 16.6 Å². The molecule has 0 aliphatic carbocycles. The van der Waals surface area contributed by atoms with Gasteiger partial charge in [-0.2, -0.15) is 0 Å². The normalized spacial score (nSPS) is 10.2. The highest BCUT2D eigenvalue weighted by Gasteiger charge is 2.00. The van der Waals surface area contributed by atoms with E-state index in [1.54, 1.807) is 18.3 Å². The highest BCUT2D eigenvalue weighted by molar-refractivity contribution is 8.68. The molecule has 0 fully saturated rings. The molecular formula is C11H9NOS2. The van der Waals surface area contributed by atoms with Crippen LogP contribution in [-0.2, 0) is 0 Å². The molecule has 4 heteroatoms. The van der Waals surface area contributed by atoms with Gasteiger partial charge in [0.1, 0.15) is 10.8 Å². The maximum absolute atomic E-state index is 9.36. The highest BCUT2D eigenvalue weighted by atomic mass is 33.1. The first-order chi connectivity index (χ1) is 7.29. The number of benzene rings is 1. The fraction of sp³-hybridized carbons (Fsp3) is 0. The van der Waals surface area contributed by atoms with Crippen molar-refractivity contribution in [2.45, 2.75) is 5.03 Å². The second-order valence-electron chi connectivity index (χ2n) is 3.02. The van der Waals surface area contributed by atoms with Gasteiger partial charge in [0, 0.05) is 6.20 Å². The van der Waals surface area contributed by atoms with Crippen molar-refractivity contribution in [1.82, 2.24) is 4.98 Å². The lowest BCUT2D eigenvalue weighted by Gasteiger charge is -2.03. The minimum atomic E-state index is 0.268. The zero-order valence-electron chi connectivity index (χ0n) is 7.79. The van der Waals surface area contributed by atoms with Gasteiger partial charge in [0.25, 0.3) is 0 Å². The third-order valence-corrected chi connectivity index (χ3v) is 2.98. The third-order valence-electron chi connectivity index (χ3n) is 2.01. The number of thiol groups is 1. The van der Waals surface area contributed by atoms with Crippen molar-refractivity contribution < 1.29 is 5.11 Å². The van der Waals surface area contributed by atoms with Gasteiger partial charge in [0.05, 0.1) is 0 Å². The second kappa shape index (κ2) is 4.59. The molecule has 0 amide bonds. The first-order valence-electron chi connectivity index (χ1n) is 4.36. The molecule has 1 aromatic heterocycles. The predicted octanol–water partition coefficient (Wildman–Crippen LogP) is 3.39. The number of pyridine rings is 1. The molecule has 0 atom stereocenters. The molecule has 1 aromatic carbocycles. The summed E-state index contributed by atoms with van der Waals surface area (Å²) >= 11 is 4.09. The van der Waals surface area contributed by atoms with Gasteiger partial charge in [0.2, 0.25) is 0 Å². The maximum atomic E-state index is 9.36. The smallest absolute Gasteiger partial charge is 0.116 e. The number of hydrogen-bond acceptors (Lipinski definition) is 4. The Bertz CT molecular complexity index is 474. The first-order valence-corrected chi connectivity index (χ1v) is 6.23. The number of aromatic nitrogens is 1. The summed E-state index contributed by atoms with van der Waals surface area (Å²) in [4.78, 5) is 4.13. The Labute approximate surface area is 97.2 Å². The highest BCUT2D eigenvalue weighted by Crippen LogP contribution is 2.27. The summed E-state index contributed by atoms with van der Waals surface area (Å²) in [6, 6.07) is 11.0. The van der Waals surface area contributed by atoms with Crippen LogP contribution in [0.1, 0.15) is 0 Å². The van der Waals surface area contributed by atoms with Crippen LogP contribution >= 0.6 is 22.5 Å². The minimum absolute atomic E-state index is 0.268. The topological polar surface area (TPSA) is 33.1 Å². The Kier molecular flexibility index (Phi) is 3.18. The van der Waals surface area contributed by atoms with Gasteiger partial charge in [0.15, 0.2) is 0 Å². The molecule has 1 heterocycles. The van der Waals surface area contributed by atoms with Gasteiger partial charge in [-0.05, 0) is 46.2 Å². The summed E-state index contributed by atoms with van der Waals surface area (Å²) < 4.78 is 0. The summed E-state index contributed by atoms with van der Waals surface area (Å²) in [5.74, 6) is 0.268. The number of hydrogen-bond donors (Lipinski definition) is 2. The molecule has 2 aromatic rings. The zero-order valence-corrected chi connectivity index (χ0v) is 9.50. The van der Waals surface area contributed by atoms with E-state index in [-0.39, 0.29) is 5.75 Å². The van der Waals surface area contributed by atoms with E-state index in [1.807, 2.05) is 24.3 Å². The second-order valence-corrected chi connectivity index (χ2v) is 4.17. The van der Waals surface area contributed by atoms with Crippen molar-refractivity contribution in [3.63, 3.8) is 0 Å². The number of nitrogens with zero attached hydrogens (tertiary/aromatic N) is 1. The van der Waals surface area contributed by atoms with Crippen LogP contribution in [0.2, 0.25) is 0 Å². The lowest BCUT2D eigenvalue weighted by molar-refractivity contribution is 0.475. The van der Waals surface area contributed by atoms with Crippen LogP contribution in [0.25, 0.3) is 11.1 Å². The molecule has 0 spiro atoms. The Morgan fingerprint density at radius 3 is 2.67 bits per heavy atom. The Balaban J connectivity index is 2.44. The van der Waals surface area contributed by atoms with Gasteiger partial charge >= 0.3 is 0 Å². The molecule has 2 nitrogen and oxygen atoms in total. The molecular weight excluding hydrogens is 226 g/mol. The largest absolute Gasteiger partial charge is 0.508 e. The van der Waals surface area contributed by atoms with Crippen LogP contribution in [0.3, 0.4) is 0 Å². The lowest BCUT2D eigenvalue weighted by Crippen LogP contribution is -1.81. The van der Waals surface area contributed by atoms with E-state index in [1.165, 1.54) is 10.8 Å². The molecule has 0 aliphatic rings. The van der Waals surface area contributed by atoms with Crippen molar-refractivity contribution in [2.24, 2.45) is 0 Å². The molecule has 2 rings (SSSR count). The fourth-order valence-corrected chi connectivity index (χ4v) is 1.91.